The zero-order valence-electron chi connectivity index (χ0n) is 18.6. The molecule has 1 N–H and O–H groups in total. The predicted octanol–water partition coefficient (Wildman–Crippen LogP) is 1.21. The number of H-pyrrole nitrogens is 1. The van der Waals surface area contributed by atoms with E-state index in [1.165, 1.54) is 10.6 Å². The minimum absolute atomic E-state index is 0. The summed E-state index contributed by atoms with van der Waals surface area (Å²) in [7, 11) is 4.09. The number of rotatable bonds is 5. The average molecular weight is 428 g/mol. The van der Waals surface area contributed by atoms with Crippen LogP contribution in [0, 0.1) is 11.3 Å². The Morgan fingerprint density at radius 2 is 1.39 bits per heavy atom. The van der Waals surface area contributed by atoms with Crippen LogP contribution in [0.3, 0.4) is 0 Å². The van der Waals surface area contributed by atoms with Crippen molar-refractivity contribution in [3.8, 4) is 17.5 Å². The fourth-order valence-corrected chi connectivity index (χ4v) is 2.30. The van der Waals surface area contributed by atoms with Crippen LogP contribution >= 0.6 is 0 Å². The van der Waals surface area contributed by atoms with Crippen molar-refractivity contribution in [3.05, 3.63) is 70.1 Å². The van der Waals surface area contributed by atoms with Crippen molar-refractivity contribution in [2.75, 3.05) is 37.0 Å². The molecular formula is C20H25N10Na. The molecule has 1 heterocycles. The average Bonchev–Trinajstić information content (AvgIpc) is 3.34. The molecule has 1 aromatic heterocycles. The molecule has 0 saturated heterocycles. The summed E-state index contributed by atoms with van der Waals surface area (Å²) in [5.41, 5.74) is 17.5. The van der Waals surface area contributed by atoms with Crippen LogP contribution in [-0.2, 0) is 0 Å². The monoisotopic (exact) mass is 428 g/mol. The van der Waals surface area contributed by atoms with Gasteiger partial charge in [-0.05, 0) is 67.6 Å². The molecule has 0 aliphatic rings. The molecule has 0 atom stereocenters. The maximum Gasteiger partial charge on any atom is 1.00 e. The van der Waals surface area contributed by atoms with Gasteiger partial charge >= 0.3 is 29.6 Å². The van der Waals surface area contributed by atoms with Crippen molar-refractivity contribution in [2.24, 2.45) is 0 Å². The summed E-state index contributed by atoms with van der Waals surface area (Å²) >= 11 is 0. The number of benzene rings is 2. The van der Waals surface area contributed by atoms with Gasteiger partial charge in [-0.1, -0.05) is 0 Å². The van der Waals surface area contributed by atoms with Crippen molar-refractivity contribution in [3.63, 3.8) is 0 Å². The van der Waals surface area contributed by atoms with Crippen LogP contribution in [0.15, 0.2) is 48.5 Å². The molecular weight excluding hydrogens is 403 g/mol. The van der Waals surface area contributed by atoms with E-state index in [0.29, 0.717) is 11.4 Å². The molecule has 0 radical (unpaired) electrons. The molecule has 0 amide bonds. The molecule has 0 spiro atoms. The molecule has 10 nitrogen and oxygen atoms in total. The fraction of sp³-hybridized carbons (Fsp3) is 0.300. The molecule has 0 aliphatic carbocycles. The Balaban J connectivity index is 0.000000511. The first-order valence-electron chi connectivity index (χ1n) is 9.25. The van der Waals surface area contributed by atoms with Gasteiger partial charge in [-0.2, -0.15) is 10.5 Å². The van der Waals surface area contributed by atoms with Gasteiger partial charge in [0.1, 0.15) is 0 Å². The Hall–Kier alpha value is -3.09. The number of aromatic amines is 1. The molecule has 2 aromatic carbocycles. The first kappa shape index (κ1) is 27.9. The summed E-state index contributed by atoms with van der Waals surface area (Å²) in [6.45, 7) is 6.18. The molecule has 3 rings (SSSR count). The normalized spacial score (nSPS) is 8.74. The van der Waals surface area contributed by atoms with Crippen molar-refractivity contribution in [1.82, 2.24) is 20.6 Å². The van der Waals surface area contributed by atoms with Gasteiger partial charge in [-0.15, -0.1) is 10.2 Å². The third kappa shape index (κ3) is 9.51. The molecule has 31 heavy (non-hydrogen) atoms. The molecule has 0 aliphatic heterocycles. The number of anilines is 2. The zero-order valence-corrected chi connectivity index (χ0v) is 20.6. The van der Waals surface area contributed by atoms with E-state index < -0.39 is 0 Å². The zero-order chi connectivity index (χ0) is 22.4. The van der Waals surface area contributed by atoms with Crippen LogP contribution in [0.1, 0.15) is 19.4 Å². The van der Waals surface area contributed by atoms with Gasteiger partial charge in [-0.25, -0.2) is 0 Å². The van der Waals surface area contributed by atoms with Gasteiger partial charge in [0.25, 0.3) is 0 Å². The second kappa shape index (κ2) is 15.7. The third-order valence-corrected chi connectivity index (χ3v) is 4.30. The summed E-state index contributed by atoms with van der Waals surface area (Å²) in [6.07, 6.45) is 0. The second-order valence-corrected chi connectivity index (χ2v) is 6.06. The van der Waals surface area contributed by atoms with Gasteiger partial charge < -0.3 is 20.9 Å². The number of aromatic nitrogens is 4. The maximum absolute atomic E-state index is 8.56. The number of nitriles is 1. The standard InChI is InChI=1S/C10H13N5.C10H12N2.N3.Na/c1-3-15(2)9-6-4-8(5-7-9)10-11-13-14-12-10;1-3-12(2)10-6-4-9(8-11)5-7-10;1-3-2;/h4-7H,3H2,1-2H3,(H,11,12,13,14);4-7H,3H2,1-2H3;;/q;;-1;+1. The molecule has 156 valence electrons. The second-order valence-electron chi connectivity index (χ2n) is 6.06. The third-order valence-electron chi connectivity index (χ3n) is 4.30. The number of hydrogen-bond acceptors (Lipinski definition) is 6. The molecule has 11 heteroatoms. The fourth-order valence-electron chi connectivity index (χ4n) is 2.30. The maximum atomic E-state index is 8.56. The minimum atomic E-state index is 0. The molecule has 0 saturated carbocycles. The van der Waals surface area contributed by atoms with Crippen LogP contribution in [0.4, 0.5) is 11.4 Å². The van der Waals surface area contributed by atoms with Crippen LogP contribution in [-0.4, -0.2) is 47.8 Å². The molecule has 0 unspecified atom stereocenters. The Morgan fingerprint density at radius 3 is 1.74 bits per heavy atom. The minimum Gasteiger partial charge on any atom is -0.375 e. The summed E-state index contributed by atoms with van der Waals surface area (Å²) in [6, 6.07) is 17.8. The van der Waals surface area contributed by atoms with Crippen LogP contribution in [0.5, 0.6) is 0 Å². The summed E-state index contributed by atoms with van der Waals surface area (Å²) < 4.78 is 0. The van der Waals surface area contributed by atoms with E-state index >= 15 is 0 Å². The van der Waals surface area contributed by atoms with E-state index in [1.807, 2.05) is 43.4 Å². The Labute approximate surface area is 204 Å². The van der Waals surface area contributed by atoms with E-state index in [4.69, 9.17) is 16.3 Å². The van der Waals surface area contributed by atoms with E-state index in [-0.39, 0.29) is 29.6 Å². The molecule has 3 aromatic rings. The number of nitrogens with one attached hydrogen (secondary N) is 1. The van der Waals surface area contributed by atoms with E-state index in [9.17, 15) is 0 Å². The molecule has 0 bridgehead atoms. The number of tetrazole rings is 1. The van der Waals surface area contributed by atoms with Crippen molar-refractivity contribution in [1.29, 1.82) is 5.26 Å². The van der Waals surface area contributed by atoms with Crippen LogP contribution in [0.25, 0.3) is 27.4 Å². The number of hydrogen-bond donors (Lipinski definition) is 1. The van der Waals surface area contributed by atoms with Crippen LogP contribution < -0.4 is 39.4 Å². The summed E-state index contributed by atoms with van der Waals surface area (Å²) in [5.74, 6) is 0.626. The van der Waals surface area contributed by atoms with Crippen molar-refractivity contribution < 1.29 is 29.6 Å². The summed E-state index contributed by atoms with van der Waals surface area (Å²) in [4.78, 5) is 5.79. The SMILES string of the molecule is CCN(C)c1ccc(-c2nn[nH]n2)cc1.CCN(C)c1ccc(C#N)cc1.[N-]=[N+]=[N-].[Na+]. The van der Waals surface area contributed by atoms with Crippen molar-refractivity contribution >= 4 is 11.4 Å². The largest absolute Gasteiger partial charge is 1.00 e. The Kier molecular flexibility index (Phi) is 14.1. The van der Waals surface area contributed by atoms with Gasteiger partial charge in [0.05, 0.1) is 11.6 Å². The Bertz CT molecular complexity index is 928. The van der Waals surface area contributed by atoms with Gasteiger partial charge in [-0.3, -0.25) is 4.91 Å². The number of nitrogens with zero attached hydrogens (tertiary/aromatic N) is 9. The van der Waals surface area contributed by atoms with Gasteiger partial charge in [0, 0.05) is 44.1 Å². The molecule has 0 fully saturated rings. The van der Waals surface area contributed by atoms with Crippen molar-refractivity contribution in [2.45, 2.75) is 13.8 Å². The van der Waals surface area contributed by atoms with E-state index in [0.717, 1.165) is 24.3 Å². The first-order chi connectivity index (χ1) is 14.5. The van der Waals surface area contributed by atoms with Gasteiger partial charge in [0.15, 0.2) is 0 Å². The summed E-state index contributed by atoms with van der Waals surface area (Å²) in [5, 5.41) is 22.4. The predicted molar refractivity (Wildman–Crippen MR) is 119 cm³/mol. The quantitative estimate of drug-likeness (QED) is 0.280. The Morgan fingerprint density at radius 1 is 0.935 bits per heavy atom. The van der Waals surface area contributed by atoms with Crippen LogP contribution in [0.2, 0.25) is 0 Å². The van der Waals surface area contributed by atoms with E-state index in [1.54, 1.807) is 0 Å². The first-order valence-corrected chi connectivity index (χ1v) is 9.25. The van der Waals surface area contributed by atoms with Gasteiger partial charge in [0.2, 0.25) is 5.82 Å². The smallest absolute Gasteiger partial charge is 0.375 e. The van der Waals surface area contributed by atoms with E-state index in [2.05, 4.69) is 69.5 Å². The topological polar surface area (TPSA) is 143 Å².